The van der Waals surface area contributed by atoms with Gasteiger partial charge in [0.2, 0.25) is 0 Å². The van der Waals surface area contributed by atoms with Gasteiger partial charge in [0, 0.05) is 41.3 Å². The highest BCUT2D eigenvalue weighted by Crippen LogP contribution is 2.46. The van der Waals surface area contributed by atoms with Crippen molar-refractivity contribution in [2.45, 2.75) is 32.5 Å². The van der Waals surface area contributed by atoms with E-state index >= 15 is 0 Å². The van der Waals surface area contributed by atoms with Crippen LogP contribution >= 0.6 is 15.9 Å². The molecule has 0 unspecified atom stereocenters. The summed E-state index contributed by atoms with van der Waals surface area (Å²) in [5.74, 6) is -3.43. The smallest absolute Gasteiger partial charge is 0.324 e. The van der Waals surface area contributed by atoms with Crippen molar-refractivity contribution in [1.29, 1.82) is 0 Å². The summed E-state index contributed by atoms with van der Waals surface area (Å²) in [5.41, 5.74) is 2.34. The molecule has 0 bridgehead atoms. The third kappa shape index (κ3) is 3.95. The maximum atomic E-state index is 13.1. The minimum Gasteiger partial charge on any atom is -0.493 e. The minimum atomic E-state index is -1.32. The highest BCUT2D eigenvalue weighted by molar-refractivity contribution is 9.10. The van der Waals surface area contributed by atoms with E-state index in [1.54, 1.807) is 19.2 Å². The van der Waals surface area contributed by atoms with Crippen molar-refractivity contribution < 1.29 is 28.5 Å². The Morgan fingerprint density at radius 3 is 2.44 bits per heavy atom. The SMILES string of the molecule is CCOc1cc([C@@H](c2c[nH]c3ccccc23)C2C(=O)OC(C)(C)OC2=O)c(Br)cc1OC. The Kier molecular flexibility index (Phi) is 5.90. The highest BCUT2D eigenvalue weighted by Gasteiger charge is 2.49. The number of halogens is 1. The van der Waals surface area contributed by atoms with Gasteiger partial charge in [0.25, 0.3) is 5.79 Å². The number of hydrogen-bond donors (Lipinski definition) is 1. The zero-order valence-corrected chi connectivity index (χ0v) is 19.8. The Morgan fingerprint density at radius 2 is 1.78 bits per heavy atom. The van der Waals surface area contributed by atoms with E-state index in [4.69, 9.17) is 18.9 Å². The number of carbonyl (C=O) groups is 2. The summed E-state index contributed by atoms with van der Waals surface area (Å²) < 4.78 is 22.8. The third-order valence-corrected chi connectivity index (χ3v) is 6.09. The lowest BCUT2D eigenvalue weighted by atomic mass is 9.79. The van der Waals surface area contributed by atoms with Crippen molar-refractivity contribution in [2.75, 3.05) is 13.7 Å². The van der Waals surface area contributed by atoms with E-state index in [0.717, 1.165) is 16.5 Å². The molecule has 0 spiro atoms. The van der Waals surface area contributed by atoms with Gasteiger partial charge in [0.05, 0.1) is 13.7 Å². The van der Waals surface area contributed by atoms with Crippen LogP contribution in [-0.2, 0) is 19.1 Å². The number of carbonyl (C=O) groups excluding carboxylic acids is 2. The van der Waals surface area contributed by atoms with Crippen LogP contribution in [0.4, 0.5) is 0 Å². The number of nitrogens with one attached hydrogen (secondary N) is 1. The van der Waals surface area contributed by atoms with Crippen molar-refractivity contribution in [2.24, 2.45) is 5.92 Å². The quantitative estimate of drug-likeness (QED) is 0.380. The van der Waals surface area contributed by atoms with Crippen LogP contribution in [0.25, 0.3) is 10.9 Å². The average Bonchev–Trinajstić information content (AvgIpc) is 3.15. The molecule has 168 valence electrons. The number of benzene rings is 2. The first-order valence-corrected chi connectivity index (χ1v) is 11.1. The second kappa shape index (κ2) is 8.50. The average molecular weight is 502 g/mol. The van der Waals surface area contributed by atoms with Gasteiger partial charge < -0.3 is 23.9 Å². The standard InChI is InChI=1S/C24H24BrNO6/c1-5-30-19-10-14(16(25)11-18(19)29-4)20(15-12-26-17-9-7-6-8-13(15)17)21-22(27)31-24(2,3)32-23(21)28/h6-12,20-21,26H,5H2,1-4H3/t20-/m0/s1. The summed E-state index contributed by atoms with van der Waals surface area (Å²) in [5, 5.41) is 0.892. The number of esters is 2. The number of para-hydroxylation sites is 1. The second-order valence-electron chi connectivity index (χ2n) is 7.94. The predicted molar refractivity (Wildman–Crippen MR) is 122 cm³/mol. The molecular formula is C24H24BrNO6. The molecule has 3 aromatic rings. The molecule has 1 aromatic heterocycles. The number of hydrogen-bond acceptors (Lipinski definition) is 6. The van der Waals surface area contributed by atoms with E-state index in [0.29, 0.717) is 28.1 Å². The van der Waals surface area contributed by atoms with Gasteiger partial charge in [-0.2, -0.15) is 0 Å². The monoisotopic (exact) mass is 501 g/mol. The van der Waals surface area contributed by atoms with E-state index in [2.05, 4.69) is 20.9 Å². The molecule has 1 aliphatic rings. The van der Waals surface area contributed by atoms with Crippen molar-refractivity contribution in [3.05, 3.63) is 58.2 Å². The number of rotatable bonds is 6. The molecule has 8 heteroatoms. The molecule has 0 radical (unpaired) electrons. The maximum Gasteiger partial charge on any atom is 0.324 e. The molecule has 0 amide bonds. The van der Waals surface area contributed by atoms with Gasteiger partial charge in [-0.25, -0.2) is 0 Å². The molecule has 1 aliphatic heterocycles. The lowest BCUT2D eigenvalue weighted by Gasteiger charge is -2.36. The first-order chi connectivity index (χ1) is 15.3. The first-order valence-electron chi connectivity index (χ1n) is 10.3. The first kappa shape index (κ1) is 22.2. The van der Waals surface area contributed by atoms with Crippen LogP contribution in [-0.4, -0.2) is 36.4 Å². The number of cyclic esters (lactones) is 2. The minimum absolute atomic E-state index is 0.427. The van der Waals surface area contributed by atoms with Gasteiger partial charge >= 0.3 is 11.9 Å². The summed E-state index contributed by atoms with van der Waals surface area (Å²) in [6, 6.07) is 11.3. The van der Waals surface area contributed by atoms with Crippen LogP contribution in [0.3, 0.4) is 0 Å². The van der Waals surface area contributed by atoms with Crippen molar-refractivity contribution in [1.82, 2.24) is 4.98 Å². The molecule has 0 saturated carbocycles. The summed E-state index contributed by atoms with van der Waals surface area (Å²) in [7, 11) is 1.55. The zero-order chi connectivity index (χ0) is 23.0. The van der Waals surface area contributed by atoms with E-state index in [-0.39, 0.29) is 0 Å². The number of ether oxygens (including phenoxy) is 4. The Morgan fingerprint density at radius 1 is 1.09 bits per heavy atom. The number of aromatic nitrogens is 1. The summed E-state index contributed by atoms with van der Waals surface area (Å²) >= 11 is 3.60. The van der Waals surface area contributed by atoms with Crippen molar-refractivity contribution >= 4 is 38.8 Å². The van der Waals surface area contributed by atoms with Gasteiger partial charge in [-0.3, -0.25) is 9.59 Å². The summed E-state index contributed by atoms with van der Waals surface area (Å²) in [6.07, 6.45) is 1.81. The Balaban J connectivity index is 1.94. The van der Waals surface area contributed by atoms with E-state index in [9.17, 15) is 9.59 Å². The molecule has 1 saturated heterocycles. The third-order valence-electron chi connectivity index (χ3n) is 5.41. The van der Waals surface area contributed by atoms with E-state index in [1.807, 2.05) is 37.4 Å². The zero-order valence-electron chi connectivity index (χ0n) is 18.2. The van der Waals surface area contributed by atoms with Crippen LogP contribution < -0.4 is 9.47 Å². The van der Waals surface area contributed by atoms with Gasteiger partial charge in [0.15, 0.2) is 17.4 Å². The summed E-state index contributed by atoms with van der Waals surface area (Å²) in [4.78, 5) is 29.4. The van der Waals surface area contributed by atoms with Crippen LogP contribution in [0.1, 0.15) is 37.8 Å². The molecule has 1 fully saturated rings. The van der Waals surface area contributed by atoms with Crippen LogP contribution in [0.2, 0.25) is 0 Å². The maximum absolute atomic E-state index is 13.1. The fourth-order valence-electron chi connectivity index (χ4n) is 4.10. The number of aromatic amines is 1. The Labute approximate surface area is 194 Å². The van der Waals surface area contributed by atoms with Gasteiger partial charge in [0.1, 0.15) is 0 Å². The fraction of sp³-hybridized carbons (Fsp3) is 0.333. The van der Waals surface area contributed by atoms with E-state index < -0.39 is 29.6 Å². The van der Waals surface area contributed by atoms with Crippen LogP contribution in [0, 0.1) is 5.92 Å². The number of methoxy groups -OCH3 is 1. The molecule has 2 heterocycles. The van der Waals surface area contributed by atoms with Gasteiger partial charge in [-0.15, -0.1) is 0 Å². The van der Waals surface area contributed by atoms with Crippen LogP contribution in [0.15, 0.2) is 47.1 Å². The van der Waals surface area contributed by atoms with Gasteiger partial charge in [-0.05, 0) is 36.2 Å². The van der Waals surface area contributed by atoms with Crippen molar-refractivity contribution in [3.8, 4) is 11.5 Å². The highest BCUT2D eigenvalue weighted by atomic mass is 79.9. The number of H-pyrrole nitrogens is 1. The molecular weight excluding hydrogens is 478 g/mol. The lowest BCUT2D eigenvalue weighted by Crippen LogP contribution is -2.48. The molecule has 1 atom stereocenters. The lowest BCUT2D eigenvalue weighted by molar-refractivity contribution is -0.240. The molecule has 0 aliphatic carbocycles. The molecule has 7 nitrogen and oxygen atoms in total. The van der Waals surface area contributed by atoms with E-state index in [1.165, 1.54) is 13.8 Å². The molecule has 4 rings (SSSR count). The largest absolute Gasteiger partial charge is 0.493 e. The molecule has 2 aromatic carbocycles. The number of fused-ring (bicyclic) bond motifs is 1. The predicted octanol–water partition coefficient (Wildman–Crippen LogP) is 4.92. The summed E-state index contributed by atoms with van der Waals surface area (Å²) in [6.45, 7) is 5.37. The topological polar surface area (TPSA) is 86.9 Å². The Bertz CT molecular complexity index is 1160. The van der Waals surface area contributed by atoms with Crippen LogP contribution in [0.5, 0.6) is 11.5 Å². The molecule has 1 N–H and O–H groups in total. The normalized spacial score (nSPS) is 17.0. The van der Waals surface area contributed by atoms with Gasteiger partial charge in [-0.1, -0.05) is 34.1 Å². The Hall–Kier alpha value is -3.00. The second-order valence-corrected chi connectivity index (χ2v) is 8.80. The van der Waals surface area contributed by atoms with Crippen molar-refractivity contribution in [3.63, 3.8) is 0 Å². The fourth-order valence-corrected chi connectivity index (χ4v) is 4.66. The molecule has 32 heavy (non-hydrogen) atoms.